The summed E-state index contributed by atoms with van der Waals surface area (Å²) in [6.07, 6.45) is 1.18. The van der Waals surface area contributed by atoms with E-state index in [1.54, 1.807) is 40.8 Å². The van der Waals surface area contributed by atoms with Crippen molar-refractivity contribution in [3.63, 3.8) is 0 Å². The monoisotopic (exact) mass is 1030 g/mol. The van der Waals surface area contributed by atoms with Crippen LogP contribution in [0.3, 0.4) is 0 Å². The molecule has 0 atom stereocenters. The van der Waals surface area contributed by atoms with Crippen LogP contribution in [0.15, 0.2) is 183 Å². The van der Waals surface area contributed by atoms with Crippen LogP contribution in [-0.2, 0) is 73.4 Å². The number of carbonyl (C=O) groups is 2. The Labute approximate surface area is 433 Å². The highest BCUT2D eigenvalue weighted by atomic mass is 33.1. The highest BCUT2D eigenvalue weighted by Gasteiger charge is 2.44. The van der Waals surface area contributed by atoms with Crippen molar-refractivity contribution >= 4 is 58.8 Å². The number of rotatable bonds is 21. The van der Waals surface area contributed by atoms with Crippen LogP contribution >= 0.6 is 46.8 Å². The van der Waals surface area contributed by atoms with E-state index in [0.717, 1.165) is 81.2 Å². The normalized spacial score (nSPS) is 12.0. The molecule has 4 N–H and O–H groups in total. The molecular weight excluding hydrogens is 977 g/mol. The molecule has 0 spiro atoms. The smallest absolute Gasteiger partial charge is 0.329 e. The molecule has 370 valence electrons. The summed E-state index contributed by atoms with van der Waals surface area (Å²) in [6, 6.07) is 54.2. The first-order valence-corrected chi connectivity index (χ1v) is 25.6. The second-order valence-electron chi connectivity index (χ2n) is 16.0. The van der Waals surface area contributed by atoms with Crippen molar-refractivity contribution < 1.29 is 53.7 Å². The van der Waals surface area contributed by atoms with Gasteiger partial charge in [0.25, 0.3) is 0 Å². The number of aliphatic hydroxyl groups is 2. The predicted octanol–water partition coefficient (Wildman–Crippen LogP) is 11.5. The first-order chi connectivity index (χ1) is 34.5. The summed E-state index contributed by atoms with van der Waals surface area (Å²) < 4.78 is 28.2. The summed E-state index contributed by atoms with van der Waals surface area (Å²) in [5.74, 6) is -0.312. The number of hydrogen-bond acceptors (Lipinski definition) is 13. The van der Waals surface area contributed by atoms with E-state index in [1.165, 1.54) is 0 Å². The Bertz CT molecular complexity index is 2730. The molecule has 0 saturated carbocycles. The number of aliphatic carboxylic acids is 2. The number of carboxylic acids is 2. The molecule has 1 heterocycles. The summed E-state index contributed by atoms with van der Waals surface area (Å²) in [5, 5.41) is 35.3. The first-order valence-electron chi connectivity index (χ1n) is 22.5. The van der Waals surface area contributed by atoms with Gasteiger partial charge < -0.3 is 44.1 Å². The third kappa shape index (κ3) is 16.2. The minimum atomic E-state index is -0.977. The molecule has 15 heteroatoms. The number of ether oxygens (including phenoxy) is 5. The molecule has 0 aromatic heterocycles. The van der Waals surface area contributed by atoms with Crippen molar-refractivity contribution in [2.75, 3.05) is 33.5 Å². The van der Waals surface area contributed by atoms with Crippen LogP contribution in [0.5, 0.6) is 11.5 Å². The highest BCUT2D eigenvalue weighted by molar-refractivity contribution is 8.76. The molecule has 7 aromatic rings. The van der Waals surface area contributed by atoms with Gasteiger partial charge in [-0.3, -0.25) is 0 Å². The van der Waals surface area contributed by atoms with E-state index in [4.69, 9.17) is 39.0 Å². The summed E-state index contributed by atoms with van der Waals surface area (Å²) in [6.45, 7) is 1.08. The SMILES string of the molecule is COCc1ccc(SSc2ccc(CO)cc2CCOCC(=O)O)cc1.O=C(O)COCCc1cc(CO)ccc1S.Sc1ccc(COC2(c3ccccc3)c3ccccc3Oc3ccccc32)cc1. The lowest BCUT2D eigenvalue weighted by molar-refractivity contribution is -0.143. The third-order valence-electron chi connectivity index (χ3n) is 10.9. The number of aliphatic hydroxyl groups excluding tert-OH is 2. The molecule has 0 fully saturated rings. The van der Waals surface area contributed by atoms with Crippen molar-refractivity contribution in [1.29, 1.82) is 0 Å². The minimum absolute atomic E-state index is 0.0168. The lowest BCUT2D eigenvalue weighted by Crippen LogP contribution is -2.35. The van der Waals surface area contributed by atoms with Crippen molar-refractivity contribution in [1.82, 2.24) is 0 Å². The summed E-state index contributed by atoms with van der Waals surface area (Å²) in [7, 11) is 4.96. The van der Waals surface area contributed by atoms with Gasteiger partial charge in [0.15, 0.2) is 5.60 Å². The molecule has 11 nitrogen and oxygen atoms in total. The van der Waals surface area contributed by atoms with Crippen molar-refractivity contribution in [2.45, 2.75) is 64.5 Å². The Morgan fingerprint density at radius 1 is 0.577 bits per heavy atom. The number of hydrogen-bond donors (Lipinski definition) is 6. The molecule has 0 amide bonds. The quantitative estimate of drug-likeness (QED) is 0.0229. The van der Waals surface area contributed by atoms with Gasteiger partial charge in [0.05, 0.1) is 39.6 Å². The summed E-state index contributed by atoms with van der Waals surface area (Å²) in [4.78, 5) is 24.7. The number of benzene rings is 7. The molecule has 0 aliphatic carbocycles. The van der Waals surface area contributed by atoms with E-state index in [2.05, 4.69) is 85.9 Å². The highest BCUT2D eigenvalue weighted by Crippen LogP contribution is 2.52. The number of carboxylic acid groups (broad SMARTS) is 2. The molecule has 1 aliphatic heterocycles. The van der Waals surface area contributed by atoms with E-state index in [-0.39, 0.29) is 26.4 Å². The zero-order valence-corrected chi connectivity index (χ0v) is 42.4. The van der Waals surface area contributed by atoms with Gasteiger partial charge in [-0.05, 0) is 100 Å². The summed E-state index contributed by atoms with van der Waals surface area (Å²) >= 11 is 8.67. The molecule has 71 heavy (non-hydrogen) atoms. The molecule has 0 saturated heterocycles. The van der Waals surface area contributed by atoms with Crippen LogP contribution in [0, 0.1) is 0 Å². The van der Waals surface area contributed by atoms with Gasteiger partial charge in [-0.25, -0.2) is 9.59 Å². The molecule has 8 rings (SSSR count). The number of thiol groups is 2. The van der Waals surface area contributed by atoms with E-state index in [1.807, 2.05) is 91.0 Å². The van der Waals surface area contributed by atoms with Crippen LogP contribution in [0.25, 0.3) is 0 Å². The summed E-state index contributed by atoms with van der Waals surface area (Å²) in [5.41, 5.74) is 8.19. The second kappa shape index (κ2) is 28.5. The van der Waals surface area contributed by atoms with Gasteiger partial charge in [-0.2, -0.15) is 0 Å². The topological polar surface area (TPSA) is 161 Å². The maximum Gasteiger partial charge on any atom is 0.329 e. The van der Waals surface area contributed by atoms with Gasteiger partial charge >= 0.3 is 11.9 Å². The Morgan fingerprint density at radius 3 is 1.66 bits per heavy atom. The fourth-order valence-electron chi connectivity index (χ4n) is 7.49. The molecule has 0 bridgehead atoms. The molecule has 0 unspecified atom stereocenters. The van der Waals surface area contributed by atoms with Gasteiger partial charge in [0.2, 0.25) is 0 Å². The van der Waals surface area contributed by atoms with Crippen molar-refractivity contribution in [3.8, 4) is 11.5 Å². The predicted molar refractivity (Wildman–Crippen MR) is 283 cm³/mol. The van der Waals surface area contributed by atoms with Crippen LogP contribution in [0.4, 0.5) is 0 Å². The Morgan fingerprint density at radius 2 is 1.08 bits per heavy atom. The number of fused-ring (bicyclic) bond motifs is 2. The molecule has 1 aliphatic rings. The van der Waals surface area contributed by atoms with Gasteiger partial charge in [-0.15, -0.1) is 25.3 Å². The van der Waals surface area contributed by atoms with Crippen LogP contribution in [-0.4, -0.2) is 65.9 Å². The fourth-order valence-corrected chi connectivity index (χ4v) is 10.1. The number of para-hydroxylation sites is 2. The maximum atomic E-state index is 10.5. The average Bonchev–Trinajstić information content (AvgIpc) is 3.39. The van der Waals surface area contributed by atoms with Crippen LogP contribution in [0.2, 0.25) is 0 Å². The van der Waals surface area contributed by atoms with Gasteiger partial charge in [0, 0.05) is 37.8 Å². The minimum Gasteiger partial charge on any atom is -0.480 e. The van der Waals surface area contributed by atoms with E-state index in [9.17, 15) is 14.7 Å². The third-order valence-corrected chi connectivity index (χ3v) is 14.1. The standard InChI is InChI=1S/C26H20O2S.C19H22O5S2.C11H14O4S/c29-21-16-14-19(15-17-21)18-27-26(20-8-2-1-3-9-20)22-10-4-6-12-24(22)28-25-13-7-5-11-23(25)26;1-23-12-14-2-5-17(6-3-14)25-26-18-7-4-15(11-20)10-16(18)8-9-24-13-19(21)22;12-6-8-1-2-10(16)9(5-8)3-4-15-7-11(13)14/h1-17,29H,18H2;2-7,10,20H,8-9,11-13H2,1H3,(H,21,22);1-2,5,12,16H,3-4,6-7H2,(H,13,14). The van der Waals surface area contributed by atoms with E-state index >= 15 is 0 Å². The van der Waals surface area contributed by atoms with Crippen molar-refractivity contribution in [2.24, 2.45) is 0 Å². The Hall–Kier alpha value is -5.56. The largest absolute Gasteiger partial charge is 0.480 e. The lowest BCUT2D eigenvalue weighted by atomic mass is 9.77. The van der Waals surface area contributed by atoms with Crippen LogP contribution in [0.1, 0.15) is 50.1 Å². The fraction of sp³-hybridized carbons (Fsp3) is 0.214. The Balaban J connectivity index is 0.000000182. The average molecular weight is 1030 g/mol. The van der Waals surface area contributed by atoms with E-state index in [0.29, 0.717) is 39.3 Å². The number of methoxy groups -OCH3 is 1. The zero-order chi connectivity index (χ0) is 50.4. The maximum absolute atomic E-state index is 10.5. The molecule has 0 radical (unpaired) electrons. The van der Waals surface area contributed by atoms with Crippen molar-refractivity contribution in [3.05, 3.63) is 214 Å². The van der Waals surface area contributed by atoms with Crippen LogP contribution < -0.4 is 4.74 Å². The lowest BCUT2D eigenvalue weighted by Gasteiger charge is -2.40. The zero-order valence-electron chi connectivity index (χ0n) is 39.0. The van der Waals surface area contributed by atoms with Gasteiger partial charge in [0.1, 0.15) is 24.7 Å². The molecular formula is C56H56O11S4. The second-order valence-corrected chi connectivity index (χ2v) is 19.2. The van der Waals surface area contributed by atoms with E-state index < -0.39 is 17.5 Å². The first kappa shape index (κ1) is 54.8. The van der Waals surface area contributed by atoms with Gasteiger partial charge in [-0.1, -0.05) is 137 Å². The Kier molecular flexibility index (Phi) is 22.0. The molecule has 7 aromatic carbocycles.